The minimum absolute atomic E-state index is 0. The van der Waals surface area contributed by atoms with Crippen LogP contribution in [0.25, 0.3) is 16.8 Å². The Morgan fingerprint density at radius 3 is 2.78 bits per heavy atom. The zero-order chi connectivity index (χ0) is 15.9. The molecule has 2 heterocycles. The Balaban J connectivity index is 0.00000192. The van der Waals surface area contributed by atoms with Gasteiger partial charge in [0.25, 0.3) is 0 Å². The number of anilines is 1. The Hall–Kier alpha value is -2.36. The van der Waals surface area contributed by atoms with Gasteiger partial charge < -0.3 is 15.6 Å². The first kappa shape index (κ1) is 17.0. The maximum Gasteiger partial charge on any atom is 1.00 e. The molecule has 6 nitrogen and oxygen atoms in total. The number of pyridine rings is 1. The van der Waals surface area contributed by atoms with E-state index < -0.39 is 17.3 Å². The van der Waals surface area contributed by atoms with E-state index in [2.05, 4.69) is 10.1 Å². The maximum atomic E-state index is 14.6. The van der Waals surface area contributed by atoms with E-state index in [9.17, 15) is 14.3 Å². The van der Waals surface area contributed by atoms with Crippen molar-refractivity contribution >= 4 is 17.6 Å². The average Bonchev–Trinajstić information content (AvgIpc) is 2.85. The summed E-state index contributed by atoms with van der Waals surface area (Å²) >= 11 is 0. The van der Waals surface area contributed by atoms with Gasteiger partial charge in [-0.15, -0.1) is 5.10 Å². The Kier molecular flexibility index (Phi) is 4.73. The molecule has 3 aromatic rings. The predicted molar refractivity (Wildman–Crippen MR) is 76.5 cm³/mol. The number of aromatic nitrogens is 3. The maximum absolute atomic E-state index is 14.6. The first-order valence-electron chi connectivity index (χ1n) is 6.66. The van der Waals surface area contributed by atoms with Gasteiger partial charge in [-0.05, 0) is 29.7 Å². The third-order valence-electron chi connectivity index (χ3n) is 3.48. The number of hydrogen-bond donors (Lipinski definition) is 1. The second-order valence-corrected chi connectivity index (χ2v) is 4.79. The second-order valence-electron chi connectivity index (χ2n) is 4.79. The number of aromatic carboxylic acids is 1. The number of rotatable bonds is 3. The molecule has 8 heteroatoms. The summed E-state index contributed by atoms with van der Waals surface area (Å²) in [5.41, 5.74) is 6.61. The van der Waals surface area contributed by atoms with Gasteiger partial charge in [0, 0.05) is 17.3 Å². The van der Waals surface area contributed by atoms with Crippen molar-refractivity contribution in [3.8, 4) is 11.1 Å². The second kappa shape index (κ2) is 6.40. The zero-order valence-electron chi connectivity index (χ0n) is 12.7. The third-order valence-corrected chi connectivity index (χ3v) is 3.48. The smallest absolute Gasteiger partial charge is 0.545 e. The molecule has 112 valence electrons. The van der Waals surface area contributed by atoms with Crippen molar-refractivity contribution in [2.75, 3.05) is 5.73 Å². The van der Waals surface area contributed by atoms with Crippen LogP contribution in [0.1, 0.15) is 22.8 Å². The van der Waals surface area contributed by atoms with Crippen LogP contribution in [-0.2, 0) is 6.42 Å². The van der Waals surface area contributed by atoms with E-state index in [0.29, 0.717) is 23.2 Å². The van der Waals surface area contributed by atoms with E-state index in [1.807, 2.05) is 0 Å². The van der Waals surface area contributed by atoms with Gasteiger partial charge in [0.2, 0.25) is 5.95 Å². The number of nitrogen functional groups attached to an aromatic ring is 1. The van der Waals surface area contributed by atoms with Crippen LogP contribution in [0.4, 0.5) is 10.3 Å². The molecule has 0 amide bonds. The Labute approximate surface area is 143 Å². The molecule has 0 saturated carbocycles. The molecule has 0 saturated heterocycles. The van der Waals surface area contributed by atoms with E-state index in [4.69, 9.17) is 5.73 Å². The molecular weight excluding hydrogens is 294 g/mol. The molecule has 0 aliphatic rings. The fraction of sp³-hybridized carbons (Fsp3) is 0.133. The van der Waals surface area contributed by atoms with Crippen molar-refractivity contribution < 1.29 is 33.2 Å². The van der Waals surface area contributed by atoms with E-state index >= 15 is 0 Å². The molecule has 0 atom stereocenters. The first-order chi connectivity index (χ1) is 10.5. The Morgan fingerprint density at radius 1 is 1.39 bits per heavy atom. The molecule has 0 radical (unpaired) electrons. The van der Waals surface area contributed by atoms with E-state index in [1.165, 1.54) is 4.52 Å². The van der Waals surface area contributed by atoms with Gasteiger partial charge in [-0.25, -0.2) is 8.91 Å². The van der Waals surface area contributed by atoms with Crippen molar-refractivity contribution in [1.29, 1.82) is 0 Å². The summed E-state index contributed by atoms with van der Waals surface area (Å²) in [4.78, 5) is 15.2. The number of aryl methyl sites for hydroxylation is 1. The monoisotopic (exact) mass is 306 g/mol. The number of carboxylic acids is 1. The van der Waals surface area contributed by atoms with E-state index in [1.54, 1.807) is 37.4 Å². The molecule has 2 aromatic heterocycles. The first-order valence-corrected chi connectivity index (χ1v) is 6.66. The summed E-state index contributed by atoms with van der Waals surface area (Å²) in [6.45, 7) is 1.76. The summed E-state index contributed by atoms with van der Waals surface area (Å²) < 4.78 is 16.0. The molecule has 23 heavy (non-hydrogen) atoms. The van der Waals surface area contributed by atoms with Crippen LogP contribution < -0.4 is 29.7 Å². The topological polar surface area (TPSA) is 96.3 Å². The van der Waals surface area contributed by atoms with Crippen molar-refractivity contribution in [3.05, 3.63) is 47.4 Å². The number of carbonyl (C=O) groups excluding carboxylic acids is 1. The number of hydrogen-bond acceptors (Lipinski definition) is 5. The SMILES string of the molecule is CCc1ccc(-c2ccn3nc(N)nc3c2)c(F)c1C(=O)[O-].[Li+]. The molecule has 0 fully saturated rings. The Morgan fingerprint density at radius 2 is 2.13 bits per heavy atom. The van der Waals surface area contributed by atoms with Gasteiger partial charge in [-0.1, -0.05) is 19.1 Å². The normalized spacial score (nSPS) is 10.5. The van der Waals surface area contributed by atoms with Crippen molar-refractivity contribution in [2.45, 2.75) is 13.3 Å². The summed E-state index contributed by atoms with van der Waals surface area (Å²) in [5, 5.41) is 15.1. The van der Waals surface area contributed by atoms with Gasteiger partial charge in [-0.2, -0.15) is 4.98 Å². The number of nitrogens with zero attached hydrogens (tertiary/aromatic N) is 3. The zero-order valence-corrected chi connectivity index (χ0v) is 12.7. The van der Waals surface area contributed by atoms with Crippen LogP contribution in [-0.4, -0.2) is 20.6 Å². The molecule has 0 aliphatic heterocycles. The fourth-order valence-corrected chi connectivity index (χ4v) is 2.42. The van der Waals surface area contributed by atoms with Crippen molar-refractivity contribution in [2.24, 2.45) is 0 Å². The van der Waals surface area contributed by atoms with Crippen LogP contribution in [0.15, 0.2) is 30.5 Å². The van der Waals surface area contributed by atoms with Gasteiger partial charge in [0.15, 0.2) is 5.65 Å². The summed E-state index contributed by atoms with van der Waals surface area (Å²) in [6.07, 6.45) is 1.99. The number of benzene rings is 1. The van der Waals surface area contributed by atoms with Crippen LogP contribution in [0, 0.1) is 5.82 Å². The van der Waals surface area contributed by atoms with Crippen LogP contribution in [0.5, 0.6) is 0 Å². The fourth-order valence-electron chi connectivity index (χ4n) is 2.42. The minimum atomic E-state index is -1.52. The predicted octanol–water partition coefficient (Wildman–Crippen LogP) is -1.95. The van der Waals surface area contributed by atoms with Crippen molar-refractivity contribution in [1.82, 2.24) is 14.6 Å². The van der Waals surface area contributed by atoms with Gasteiger partial charge in [0.05, 0.1) is 5.97 Å². The average molecular weight is 306 g/mol. The summed E-state index contributed by atoms with van der Waals surface area (Å²) in [7, 11) is 0. The summed E-state index contributed by atoms with van der Waals surface area (Å²) in [6, 6.07) is 6.34. The summed E-state index contributed by atoms with van der Waals surface area (Å²) in [5.74, 6) is -2.23. The number of carbonyl (C=O) groups is 1. The van der Waals surface area contributed by atoms with Gasteiger partial charge >= 0.3 is 18.9 Å². The van der Waals surface area contributed by atoms with Crippen LogP contribution in [0.3, 0.4) is 0 Å². The molecule has 0 bridgehead atoms. The molecule has 0 aliphatic carbocycles. The number of nitrogens with two attached hydrogens (primary N) is 1. The van der Waals surface area contributed by atoms with Crippen LogP contribution in [0.2, 0.25) is 0 Å². The van der Waals surface area contributed by atoms with E-state index in [0.717, 1.165) is 0 Å². The standard InChI is InChI=1S/C15H13FN4O2.Li/c1-2-8-3-4-10(13(16)12(8)14(21)22)9-5-6-20-11(7-9)18-15(17)19-20;/h3-7H,2H2,1H3,(H2,17,19)(H,21,22);/q;+1/p-1. The molecular formula is C15H12FLiN4O2. The third kappa shape index (κ3) is 2.93. The van der Waals surface area contributed by atoms with Gasteiger partial charge in [-0.3, -0.25) is 0 Å². The molecule has 2 N–H and O–H groups in total. The molecule has 0 unspecified atom stereocenters. The largest absolute Gasteiger partial charge is 1.00 e. The van der Waals surface area contributed by atoms with Crippen LogP contribution >= 0.6 is 0 Å². The van der Waals surface area contributed by atoms with E-state index in [-0.39, 0.29) is 30.4 Å². The number of halogens is 1. The molecule has 3 rings (SSSR count). The Bertz CT molecular complexity index is 895. The number of fused-ring (bicyclic) bond motifs is 1. The quantitative estimate of drug-likeness (QED) is 0.567. The molecule has 1 aromatic carbocycles. The number of carboxylic acid groups (broad SMARTS) is 1. The van der Waals surface area contributed by atoms with Crippen molar-refractivity contribution in [3.63, 3.8) is 0 Å². The van der Waals surface area contributed by atoms with Gasteiger partial charge in [0.1, 0.15) is 5.82 Å². The minimum Gasteiger partial charge on any atom is -0.545 e. The molecule has 0 spiro atoms.